The van der Waals surface area contributed by atoms with Crippen molar-refractivity contribution in [1.29, 1.82) is 0 Å². The van der Waals surface area contributed by atoms with E-state index in [9.17, 15) is 13.2 Å². The molecule has 0 saturated carbocycles. The molecule has 0 saturated heterocycles. The van der Waals surface area contributed by atoms with E-state index in [1.165, 1.54) is 7.11 Å². The highest BCUT2D eigenvalue weighted by Gasteiger charge is 2.30. The van der Waals surface area contributed by atoms with Crippen LogP contribution in [0, 0.1) is 6.92 Å². The lowest BCUT2D eigenvalue weighted by molar-refractivity contribution is -0.114. The van der Waals surface area contributed by atoms with Gasteiger partial charge in [0.1, 0.15) is 22.9 Å². The maximum atomic E-state index is 13.7. The predicted octanol–water partition coefficient (Wildman–Crippen LogP) is 4.41. The van der Waals surface area contributed by atoms with Gasteiger partial charge in [-0.05, 0) is 73.0 Å². The number of amides is 1. The van der Waals surface area contributed by atoms with Gasteiger partial charge in [-0.15, -0.1) is 0 Å². The summed E-state index contributed by atoms with van der Waals surface area (Å²) in [4.78, 5) is 12.9. The molecular formula is C25H28N2O5S. The fourth-order valence-corrected chi connectivity index (χ4v) is 4.99. The zero-order valence-corrected chi connectivity index (χ0v) is 20.0. The summed E-state index contributed by atoms with van der Waals surface area (Å²) in [6, 6.07) is 18.9. The second-order valence-corrected chi connectivity index (χ2v) is 9.29. The van der Waals surface area contributed by atoms with Crippen molar-refractivity contribution in [1.82, 2.24) is 0 Å². The van der Waals surface area contributed by atoms with Crippen molar-refractivity contribution in [2.45, 2.75) is 25.2 Å². The molecule has 0 bridgehead atoms. The van der Waals surface area contributed by atoms with Crippen LogP contribution < -0.4 is 19.1 Å². The number of carbonyl (C=O) groups excluding carboxylic acids is 1. The Bertz CT molecular complexity index is 1210. The molecule has 33 heavy (non-hydrogen) atoms. The van der Waals surface area contributed by atoms with Crippen LogP contribution in [0.1, 0.15) is 18.1 Å². The molecule has 3 aromatic rings. The fraction of sp³-hybridized carbons (Fsp3) is 0.240. The van der Waals surface area contributed by atoms with Gasteiger partial charge < -0.3 is 14.8 Å². The number of methoxy groups -OCH3 is 2. The van der Waals surface area contributed by atoms with Crippen molar-refractivity contribution in [2.75, 3.05) is 30.4 Å². The second-order valence-electron chi connectivity index (χ2n) is 7.46. The van der Waals surface area contributed by atoms with Crippen LogP contribution in [-0.2, 0) is 21.2 Å². The molecule has 8 heteroatoms. The van der Waals surface area contributed by atoms with Crippen LogP contribution in [-0.4, -0.2) is 35.1 Å². The van der Waals surface area contributed by atoms with E-state index >= 15 is 0 Å². The Kier molecular flexibility index (Phi) is 7.60. The van der Waals surface area contributed by atoms with E-state index in [1.807, 2.05) is 19.1 Å². The number of carbonyl (C=O) groups is 1. The number of hydrogen-bond acceptors (Lipinski definition) is 5. The molecule has 0 atom stereocenters. The van der Waals surface area contributed by atoms with E-state index in [4.69, 9.17) is 9.47 Å². The molecule has 0 aromatic heterocycles. The van der Waals surface area contributed by atoms with E-state index < -0.39 is 22.5 Å². The van der Waals surface area contributed by atoms with Gasteiger partial charge in [0.05, 0.1) is 19.9 Å². The number of benzene rings is 3. The summed E-state index contributed by atoms with van der Waals surface area (Å²) in [6.07, 6.45) is 0.816. The van der Waals surface area contributed by atoms with Crippen molar-refractivity contribution in [2.24, 2.45) is 0 Å². The normalized spacial score (nSPS) is 11.0. The number of anilines is 2. The first-order valence-corrected chi connectivity index (χ1v) is 11.9. The smallest absolute Gasteiger partial charge is 0.268 e. The van der Waals surface area contributed by atoms with Crippen LogP contribution in [0.4, 0.5) is 11.4 Å². The minimum absolute atomic E-state index is 0.00168. The van der Waals surface area contributed by atoms with Gasteiger partial charge >= 0.3 is 0 Å². The van der Waals surface area contributed by atoms with Crippen molar-refractivity contribution < 1.29 is 22.7 Å². The summed E-state index contributed by atoms with van der Waals surface area (Å²) < 4.78 is 39.0. The van der Waals surface area contributed by atoms with E-state index in [-0.39, 0.29) is 10.6 Å². The van der Waals surface area contributed by atoms with Crippen molar-refractivity contribution in [3.63, 3.8) is 0 Å². The van der Waals surface area contributed by atoms with Crippen LogP contribution in [0.2, 0.25) is 0 Å². The predicted molar refractivity (Wildman–Crippen MR) is 130 cm³/mol. The minimum Gasteiger partial charge on any atom is -0.497 e. The third-order valence-corrected chi connectivity index (χ3v) is 6.98. The van der Waals surface area contributed by atoms with Gasteiger partial charge in [-0.2, -0.15) is 0 Å². The topological polar surface area (TPSA) is 84.9 Å². The Morgan fingerprint density at radius 3 is 2.18 bits per heavy atom. The average molecular weight is 469 g/mol. The number of ether oxygens (including phenoxy) is 2. The largest absolute Gasteiger partial charge is 0.497 e. The maximum Gasteiger partial charge on any atom is 0.268 e. The zero-order valence-electron chi connectivity index (χ0n) is 19.2. The van der Waals surface area contributed by atoms with Crippen LogP contribution in [0.25, 0.3) is 0 Å². The monoisotopic (exact) mass is 468 g/mol. The fourth-order valence-electron chi connectivity index (χ4n) is 3.32. The van der Waals surface area contributed by atoms with E-state index in [1.54, 1.807) is 68.6 Å². The van der Waals surface area contributed by atoms with E-state index in [0.29, 0.717) is 17.1 Å². The SMILES string of the molecule is CCc1ccc(N(CC(=O)Nc2ccc(OC)cc2)S(=O)(=O)c2cc(C)ccc2OC)cc1. The Balaban J connectivity index is 1.98. The summed E-state index contributed by atoms with van der Waals surface area (Å²) in [5.74, 6) is 0.390. The number of sulfonamides is 1. The zero-order chi connectivity index (χ0) is 24.0. The third kappa shape index (κ3) is 5.64. The summed E-state index contributed by atoms with van der Waals surface area (Å²) in [7, 11) is -1.14. The maximum absolute atomic E-state index is 13.7. The molecule has 1 amide bonds. The summed E-state index contributed by atoms with van der Waals surface area (Å²) in [6.45, 7) is 3.41. The minimum atomic E-state index is -4.11. The van der Waals surface area contributed by atoms with Crippen molar-refractivity contribution >= 4 is 27.3 Å². The summed E-state index contributed by atoms with van der Waals surface area (Å²) >= 11 is 0. The summed E-state index contributed by atoms with van der Waals surface area (Å²) in [5.41, 5.74) is 2.75. The van der Waals surface area contributed by atoms with Gasteiger partial charge in [-0.25, -0.2) is 8.42 Å². The number of aryl methyl sites for hydroxylation is 2. The van der Waals surface area contributed by atoms with Crippen LogP contribution in [0.3, 0.4) is 0 Å². The first-order valence-electron chi connectivity index (χ1n) is 10.5. The van der Waals surface area contributed by atoms with Gasteiger partial charge in [-0.1, -0.05) is 25.1 Å². The molecule has 0 heterocycles. The molecule has 0 aliphatic heterocycles. The number of hydrogen-bond donors (Lipinski definition) is 1. The third-order valence-electron chi connectivity index (χ3n) is 5.18. The Hall–Kier alpha value is -3.52. The molecule has 0 spiro atoms. The van der Waals surface area contributed by atoms with Crippen LogP contribution in [0.5, 0.6) is 11.5 Å². The Morgan fingerprint density at radius 1 is 0.939 bits per heavy atom. The first kappa shape index (κ1) is 24.1. The quantitative estimate of drug-likeness (QED) is 0.503. The number of rotatable bonds is 9. The van der Waals surface area contributed by atoms with Crippen LogP contribution in [0.15, 0.2) is 71.6 Å². The van der Waals surface area contributed by atoms with Crippen molar-refractivity contribution in [3.05, 3.63) is 77.9 Å². The van der Waals surface area contributed by atoms with E-state index in [2.05, 4.69) is 5.32 Å². The molecule has 0 aliphatic rings. The highest BCUT2D eigenvalue weighted by Crippen LogP contribution is 2.31. The highest BCUT2D eigenvalue weighted by atomic mass is 32.2. The van der Waals surface area contributed by atoms with Gasteiger partial charge in [-0.3, -0.25) is 9.10 Å². The van der Waals surface area contributed by atoms with Crippen LogP contribution >= 0.6 is 0 Å². The Morgan fingerprint density at radius 2 is 1.61 bits per heavy atom. The average Bonchev–Trinajstić information content (AvgIpc) is 2.83. The summed E-state index contributed by atoms with van der Waals surface area (Å²) in [5, 5.41) is 2.75. The molecule has 0 aliphatic carbocycles. The molecule has 0 radical (unpaired) electrons. The highest BCUT2D eigenvalue weighted by molar-refractivity contribution is 7.93. The molecule has 0 fully saturated rings. The van der Waals surface area contributed by atoms with Gasteiger partial charge in [0.2, 0.25) is 5.91 Å². The van der Waals surface area contributed by atoms with Crippen molar-refractivity contribution in [3.8, 4) is 11.5 Å². The second kappa shape index (κ2) is 10.4. The number of nitrogens with one attached hydrogen (secondary N) is 1. The molecule has 3 aromatic carbocycles. The van der Waals surface area contributed by atoms with Gasteiger partial charge in [0.25, 0.3) is 10.0 Å². The lowest BCUT2D eigenvalue weighted by atomic mass is 10.1. The standard InChI is InChI=1S/C25H28N2O5S/c1-5-19-7-11-21(12-8-19)27(17-25(28)26-20-9-13-22(31-3)14-10-20)33(29,30)24-16-18(2)6-15-23(24)32-4/h6-16H,5,17H2,1-4H3,(H,26,28). The first-order chi connectivity index (χ1) is 15.8. The molecule has 0 unspecified atom stereocenters. The molecular weight excluding hydrogens is 440 g/mol. The Labute approximate surface area is 195 Å². The van der Waals surface area contributed by atoms with E-state index in [0.717, 1.165) is 21.9 Å². The molecule has 1 N–H and O–H groups in total. The lowest BCUT2D eigenvalue weighted by Crippen LogP contribution is -2.38. The van der Waals surface area contributed by atoms with Gasteiger partial charge in [0.15, 0.2) is 0 Å². The molecule has 3 rings (SSSR count). The molecule has 7 nitrogen and oxygen atoms in total. The molecule has 174 valence electrons. The van der Waals surface area contributed by atoms with Gasteiger partial charge in [0, 0.05) is 5.69 Å². The lowest BCUT2D eigenvalue weighted by Gasteiger charge is -2.25. The number of nitrogens with zero attached hydrogens (tertiary/aromatic N) is 1.